The normalized spacial score (nSPS) is 15.9. The maximum atomic E-state index is 12.0. The molecule has 116 valence electrons. The number of carbonyl (C=O) groups excluding carboxylic acids is 1. The standard InChI is InChI=1S/C17H27N3O/c1-3-14(4-2)17(21)19-16-10-9-15(13-18-16)20-11-7-5-6-8-12-20/h9-10,13-14H,3-8,11-12H2,1-2H3,(H,18,19,21). The zero-order valence-electron chi connectivity index (χ0n) is 13.3. The van der Waals surface area contributed by atoms with E-state index in [-0.39, 0.29) is 11.8 Å². The average molecular weight is 289 g/mol. The second-order valence-electron chi connectivity index (χ2n) is 5.81. The lowest BCUT2D eigenvalue weighted by atomic mass is 10.0. The Morgan fingerprint density at radius 1 is 1.19 bits per heavy atom. The van der Waals surface area contributed by atoms with Gasteiger partial charge in [0.15, 0.2) is 0 Å². The topological polar surface area (TPSA) is 45.2 Å². The molecule has 0 bridgehead atoms. The molecular formula is C17H27N3O. The Hall–Kier alpha value is -1.58. The molecule has 1 aromatic heterocycles. The van der Waals surface area contributed by atoms with Crippen LogP contribution in [-0.4, -0.2) is 24.0 Å². The van der Waals surface area contributed by atoms with Crippen molar-refractivity contribution in [2.75, 3.05) is 23.3 Å². The van der Waals surface area contributed by atoms with Gasteiger partial charge in [-0.2, -0.15) is 0 Å². The second-order valence-corrected chi connectivity index (χ2v) is 5.81. The molecule has 0 saturated carbocycles. The Morgan fingerprint density at radius 2 is 1.86 bits per heavy atom. The third kappa shape index (κ3) is 4.45. The zero-order chi connectivity index (χ0) is 15.1. The molecule has 0 aromatic carbocycles. The summed E-state index contributed by atoms with van der Waals surface area (Å²) in [5.74, 6) is 0.817. The molecule has 0 atom stereocenters. The SMILES string of the molecule is CCC(CC)C(=O)Nc1ccc(N2CCCCCC2)cn1. The molecule has 0 aliphatic carbocycles. The Morgan fingerprint density at radius 3 is 2.38 bits per heavy atom. The van der Waals surface area contributed by atoms with Gasteiger partial charge in [0.1, 0.15) is 5.82 Å². The van der Waals surface area contributed by atoms with E-state index in [1.54, 1.807) is 0 Å². The molecule has 1 saturated heterocycles. The Kier molecular flexibility index (Phi) is 6.03. The first-order valence-electron chi connectivity index (χ1n) is 8.26. The molecule has 1 aromatic rings. The van der Waals surface area contributed by atoms with E-state index in [4.69, 9.17) is 0 Å². The Bertz CT molecular complexity index is 432. The van der Waals surface area contributed by atoms with E-state index in [0.717, 1.165) is 31.6 Å². The van der Waals surface area contributed by atoms with Gasteiger partial charge >= 0.3 is 0 Å². The van der Waals surface area contributed by atoms with Crippen molar-refractivity contribution in [1.29, 1.82) is 0 Å². The van der Waals surface area contributed by atoms with Crippen LogP contribution in [0, 0.1) is 5.92 Å². The fourth-order valence-corrected chi connectivity index (χ4v) is 2.86. The van der Waals surface area contributed by atoms with Gasteiger partial charge in [-0.3, -0.25) is 4.79 Å². The average Bonchev–Trinajstić information content (AvgIpc) is 2.78. The van der Waals surface area contributed by atoms with Crippen LogP contribution in [0.15, 0.2) is 18.3 Å². The molecule has 1 aliphatic rings. The van der Waals surface area contributed by atoms with Crippen molar-refractivity contribution in [2.24, 2.45) is 5.92 Å². The molecule has 1 fully saturated rings. The van der Waals surface area contributed by atoms with Gasteiger partial charge in [0.05, 0.1) is 11.9 Å². The summed E-state index contributed by atoms with van der Waals surface area (Å²) in [5.41, 5.74) is 1.16. The maximum absolute atomic E-state index is 12.0. The molecule has 2 heterocycles. The largest absolute Gasteiger partial charge is 0.370 e. The summed E-state index contributed by atoms with van der Waals surface area (Å²) in [4.78, 5) is 18.8. The first-order chi connectivity index (χ1) is 10.2. The van der Waals surface area contributed by atoms with Gasteiger partial charge in [0.25, 0.3) is 0 Å². The number of anilines is 2. The third-order valence-corrected chi connectivity index (χ3v) is 4.33. The highest BCUT2D eigenvalue weighted by Crippen LogP contribution is 2.20. The van der Waals surface area contributed by atoms with Crippen LogP contribution in [-0.2, 0) is 4.79 Å². The molecule has 1 amide bonds. The minimum atomic E-state index is 0.0787. The minimum Gasteiger partial charge on any atom is -0.370 e. The molecule has 0 unspecified atom stereocenters. The summed E-state index contributed by atoms with van der Waals surface area (Å²) < 4.78 is 0. The molecular weight excluding hydrogens is 262 g/mol. The molecule has 2 rings (SSSR count). The fraction of sp³-hybridized carbons (Fsp3) is 0.647. The van der Waals surface area contributed by atoms with Crippen LogP contribution in [0.1, 0.15) is 52.4 Å². The van der Waals surface area contributed by atoms with Crippen molar-refractivity contribution in [2.45, 2.75) is 52.4 Å². The number of amides is 1. The lowest BCUT2D eigenvalue weighted by molar-refractivity contribution is -0.120. The number of hydrogen-bond donors (Lipinski definition) is 1. The van der Waals surface area contributed by atoms with E-state index in [1.165, 1.54) is 25.7 Å². The van der Waals surface area contributed by atoms with Crippen LogP contribution in [0.4, 0.5) is 11.5 Å². The van der Waals surface area contributed by atoms with Crippen LogP contribution in [0.5, 0.6) is 0 Å². The van der Waals surface area contributed by atoms with Gasteiger partial charge in [-0.1, -0.05) is 26.7 Å². The van der Waals surface area contributed by atoms with E-state index >= 15 is 0 Å². The molecule has 0 radical (unpaired) electrons. The predicted octanol–water partition coefficient (Wildman–Crippen LogP) is 3.84. The first kappa shape index (κ1) is 15.8. The molecule has 0 spiro atoms. The minimum absolute atomic E-state index is 0.0787. The second kappa shape index (κ2) is 8.01. The van der Waals surface area contributed by atoms with E-state index in [0.29, 0.717) is 5.82 Å². The summed E-state index contributed by atoms with van der Waals surface area (Å²) in [6.45, 7) is 6.31. The fourth-order valence-electron chi connectivity index (χ4n) is 2.86. The van der Waals surface area contributed by atoms with E-state index < -0.39 is 0 Å². The van der Waals surface area contributed by atoms with Crippen molar-refractivity contribution in [3.63, 3.8) is 0 Å². The molecule has 4 heteroatoms. The van der Waals surface area contributed by atoms with Crippen molar-refractivity contribution >= 4 is 17.4 Å². The summed E-state index contributed by atoms with van der Waals surface area (Å²) in [7, 11) is 0. The van der Waals surface area contributed by atoms with Crippen LogP contribution < -0.4 is 10.2 Å². The van der Waals surface area contributed by atoms with Crippen molar-refractivity contribution in [3.05, 3.63) is 18.3 Å². The van der Waals surface area contributed by atoms with E-state index in [1.807, 2.05) is 26.1 Å². The quantitative estimate of drug-likeness (QED) is 0.896. The molecule has 4 nitrogen and oxygen atoms in total. The van der Waals surface area contributed by atoms with Crippen LogP contribution >= 0.6 is 0 Å². The number of pyridine rings is 1. The number of aromatic nitrogens is 1. The Labute approximate surface area is 127 Å². The smallest absolute Gasteiger partial charge is 0.228 e. The number of carbonyl (C=O) groups is 1. The number of nitrogens with zero attached hydrogens (tertiary/aromatic N) is 2. The summed E-state index contributed by atoms with van der Waals surface area (Å²) in [6, 6.07) is 3.99. The van der Waals surface area contributed by atoms with E-state index in [2.05, 4.69) is 21.3 Å². The van der Waals surface area contributed by atoms with Gasteiger partial charge in [-0.15, -0.1) is 0 Å². The van der Waals surface area contributed by atoms with Crippen LogP contribution in [0.3, 0.4) is 0 Å². The lowest BCUT2D eigenvalue weighted by Gasteiger charge is -2.22. The van der Waals surface area contributed by atoms with Gasteiger partial charge < -0.3 is 10.2 Å². The van der Waals surface area contributed by atoms with Crippen LogP contribution in [0.25, 0.3) is 0 Å². The number of rotatable bonds is 5. The maximum Gasteiger partial charge on any atom is 0.228 e. The van der Waals surface area contributed by atoms with E-state index in [9.17, 15) is 4.79 Å². The van der Waals surface area contributed by atoms with Gasteiger partial charge in [0.2, 0.25) is 5.91 Å². The van der Waals surface area contributed by atoms with Gasteiger partial charge in [0, 0.05) is 19.0 Å². The summed E-state index contributed by atoms with van der Waals surface area (Å²) in [5, 5.41) is 2.92. The lowest BCUT2D eigenvalue weighted by Crippen LogP contribution is -2.24. The van der Waals surface area contributed by atoms with Crippen molar-refractivity contribution < 1.29 is 4.79 Å². The highest BCUT2D eigenvalue weighted by atomic mass is 16.1. The Balaban J connectivity index is 1.96. The molecule has 1 N–H and O–H groups in total. The summed E-state index contributed by atoms with van der Waals surface area (Å²) >= 11 is 0. The monoisotopic (exact) mass is 289 g/mol. The highest BCUT2D eigenvalue weighted by molar-refractivity contribution is 5.91. The first-order valence-corrected chi connectivity index (χ1v) is 8.26. The summed E-state index contributed by atoms with van der Waals surface area (Å²) in [6.07, 6.45) is 8.79. The van der Waals surface area contributed by atoms with Gasteiger partial charge in [-0.25, -0.2) is 4.98 Å². The molecule has 1 aliphatic heterocycles. The number of nitrogens with one attached hydrogen (secondary N) is 1. The van der Waals surface area contributed by atoms with Crippen LogP contribution in [0.2, 0.25) is 0 Å². The third-order valence-electron chi connectivity index (χ3n) is 4.33. The molecule has 21 heavy (non-hydrogen) atoms. The predicted molar refractivity (Wildman–Crippen MR) is 87.6 cm³/mol. The van der Waals surface area contributed by atoms with Crippen molar-refractivity contribution in [1.82, 2.24) is 4.98 Å². The van der Waals surface area contributed by atoms with Gasteiger partial charge in [-0.05, 0) is 37.8 Å². The zero-order valence-corrected chi connectivity index (χ0v) is 13.3. The highest BCUT2D eigenvalue weighted by Gasteiger charge is 2.15. The number of hydrogen-bond acceptors (Lipinski definition) is 3. The van der Waals surface area contributed by atoms with Crippen molar-refractivity contribution in [3.8, 4) is 0 Å².